The van der Waals surface area contributed by atoms with E-state index in [9.17, 15) is 4.79 Å². The lowest BCUT2D eigenvalue weighted by molar-refractivity contribution is -0.131. The Morgan fingerprint density at radius 1 is 1.25 bits per heavy atom. The van der Waals surface area contributed by atoms with Crippen molar-refractivity contribution in [3.8, 4) is 0 Å². The van der Waals surface area contributed by atoms with Crippen LogP contribution >= 0.6 is 11.8 Å². The van der Waals surface area contributed by atoms with Crippen LogP contribution in [0.1, 0.15) is 60.8 Å². The molecule has 0 aliphatic heterocycles. The molecule has 1 unspecified atom stereocenters. The van der Waals surface area contributed by atoms with E-state index in [-0.39, 0.29) is 16.1 Å². The number of thioether (sulfide) groups is 1. The molecule has 0 aromatic heterocycles. The largest absolute Gasteiger partial charge is 0.299 e. The van der Waals surface area contributed by atoms with Crippen molar-refractivity contribution in [3.05, 3.63) is 0 Å². The molecule has 1 nitrogen and oxygen atoms in total. The van der Waals surface area contributed by atoms with Crippen LogP contribution in [0.2, 0.25) is 0 Å². The summed E-state index contributed by atoms with van der Waals surface area (Å²) >= 11 is 1.84. The number of carbonyl (C=O) groups excluding carboxylic acids is 1. The highest BCUT2D eigenvalue weighted by atomic mass is 32.2. The molecule has 96 valence electrons. The van der Waals surface area contributed by atoms with Gasteiger partial charge in [-0.15, -0.1) is 0 Å². The number of hydrogen-bond donors (Lipinski definition) is 0. The predicted octanol–water partition coefficient (Wildman–Crippen LogP) is 4.55. The summed E-state index contributed by atoms with van der Waals surface area (Å²) in [5, 5.41) is 0. The van der Waals surface area contributed by atoms with Crippen LogP contribution in [0.3, 0.4) is 0 Å². The van der Waals surface area contributed by atoms with E-state index >= 15 is 0 Å². The van der Waals surface area contributed by atoms with Gasteiger partial charge in [-0.3, -0.25) is 4.79 Å². The number of ketones is 1. The molecule has 0 saturated heterocycles. The number of carbonyl (C=O) groups is 1. The third-order valence-corrected chi connectivity index (χ3v) is 4.61. The summed E-state index contributed by atoms with van der Waals surface area (Å²) in [5.74, 6) is 0.598. The Bertz CT molecular complexity index is 231. The highest BCUT2D eigenvalue weighted by molar-refractivity contribution is 7.99. The number of rotatable bonds is 7. The third-order valence-electron chi connectivity index (χ3n) is 3.34. The number of Topliss-reactive ketones (excluding diaryl/α,β-unsaturated/α-hetero) is 1. The summed E-state index contributed by atoms with van der Waals surface area (Å²) in [6.07, 6.45) is 5.17. The van der Waals surface area contributed by atoms with E-state index in [0.717, 1.165) is 19.3 Å². The first-order valence-corrected chi connectivity index (χ1v) is 7.48. The van der Waals surface area contributed by atoms with Gasteiger partial charge in [0.2, 0.25) is 0 Å². The smallest absolute Gasteiger partial charge is 0.141 e. The van der Waals surface area contributed by atoms with Gasteiger partial charge in [-0.25, -0.2) is 0 Å². The molecule has 16 heavy (non-hydrogen) atoms. The highest BCUT2D eigenvalue weighted by Gasteiger charge is 2.33. The van der Waals surface area contributed by atoms with E-state index in [1.54, 1.807) is 0 Å². The van der Waals surface area contributed by atoms with E-state index in [1.807, 2.05) is 11.8 Å². The first kappa shape index (κ1) is 16.0. The van der Waals surface area contributed by atoms with Crippen LogP contribution in [0.15, 0.2) is 0 Å². The fourth-order valence-corrected chi connectivity index (χ4v) is 2.75. The summed E-state index contributed by atoms with van der Waals surface area (Å²) in [6, 6.07) is 0. The lowest BCUT2D eigenvalue weighted by Gasteiger charge is -2.31. The lowest BCUT2D eigenvalue weighted by Crippen LogP contribution is -2.33. The molecule has 0 aliphatic rings. The molecule has 0 aromatic carbocycles. The molecule has 0 fully saturated rings. The number of hydrogen-bond acceptors (Lipinski definition) is 2. The second-order valence-electron chi connectivity index (χ2n) is 6.07. The molecule has 0 aliphatic carbocycles. The Balaban J connectivity index is 4.50. The van der Waals surface area contributed by atoms with Gasteiger partial charge in [0.25, 0.3) is 0 Å². The summed E-state index contributed by atoms with van der Waals surface area (Å²) < 4.78 is 0.206. The Hall–Kier alpha value is 0.0200. The van der Waals surface area contributed by atoms with E-state index in [0.29, 0.717) is 5.78 Å². The minimum atomic E-state index is -0.150. The monoisotopic (exact) mass is 244 g/mol. The van der Waals surface area contributed by atoms with Gasteiger partial charge in [-0.2, -0.15) is 11.8 Å². The summed E-state index contributed by atoms with van der Waals surface area (Å²) in [5.41, 5.74) is -0.150. The van der Waals surface area contributed by atoms with Crippen LogP contribution in [0, 0.1) is 11.3 Å². The molecule has 0 bridgehead atoms. The average molecular weight is 244 g/mol. The van der Waals surface area contributed by atoms with Crippen molar-refractivity contribution in [2.24, 2.45) is 11.3 Å². The SMILES string of the molecule is CCCC(C)(C)C(=O)C(C)CC(C)(C)SC. The molecule has 2 heteroatoms. The Kier molecular flexibility index (Phi) is 6.10. The van der Waals surface area contributed by atoms with Gasteiger partial charge < -0.3 is 0 Å². The van der Waals surface area contributed by atoms with Crippen molar-refractivity contribution in [2.45, 2.75) is 65.6 Å². The van der Waals surface area contributed by atoms with Crippen LogP contribution in [-0.2, 0) is 4.79 Å². The molecule has 1 atom stereocenters. The zero-order valence-electron chi connectivity index (χ0n) is 12.0. The average Bonchev–Trinajstić information content (AvgIpc) is 2.16. The molecule has 0 N–H and O–H groups in total. The summed E-state index contributed by atoms with van der Waals surface area (Å²) in [6.45, 7) is 12.8. The van der Waals surface area contributed by atoms with Crippen molar-refractivity contribution in [1.82, 2.24) is 0 Å². The maximum Gasteiger partial charge on any atom is 0.141 e. The van der Waals surface area contributed by atoms with E-state index in [4.69, 9.17) is 0 Å². The van der Waals surface area contributed by atoms with Crippen molar-refractivity contribution in [1.29, 1.82) is 0 Å². The van der Waals surface area contributed by atoms with Crippen LogP contribution in [0.25, 0.3) is 0 Å². The minimum Gasteiger partial charge on any atom is -0.299 e. The van der Waals surface area contributed by atoms with Gasteiger partial charge in [-0.05, 0) is 19.1 Å². The Morgan fingerprint density at radius 3 is 2.12 bits per heavy atom. The van der Waals surface area contributed by atoms with Crippen LogP contribution in [-0.4, -0.2) is 16.8 Å². The molecule has 0 heterocycles. The van der Waals surface area contributed by atoms with Gasteiger partial charge >= 0.3 is 0 Å². The zero-order valence-corrected chi connectivity index (χ0v) is 12.8. The molecule has 0 aromatic rings. The van der Waals surface area contributed by atoms with E-state index in [2.05, 4.69) is 47.8 Å². The molecular formula is C14H28OS. The summed E-state index contributed by atoms with van der Waals surface area (Å²) in [4.78, 5) is 12.3. The molecule has 0 spiro atoms. The van der Waals surface area contributed by atoms with Crippen molar-refractivity contribution in [2.75, 3.05) is 6.26 Å². The quantitative estimate of drug-likeness (QED) is 0.653. The summed E-state index contributed by atoms with van der Waals surface area (Å²) in [7, 11) is 0. The van der Waals surface area contributed by atoms with Crippen LogP contribution in [0.4, 0.5) is 0 Å². The first-order chi connectivity index (χ1) is 7.16. The molecule has 0 saturated carbocycles. The lowest BCUT2D eigenvalue weighted by atomic mass is 9.76. The van der Waals surface area contributed by atoms with Gasteiger partial charge in [0.05, 0.1) is 0 Å². The normalized spacial score (nSPS) is 14.9. The Morgan fingerprint density at radius 2 is 1.75 bits per heavy atom. The maximum absolute atomic E-state index is 12.3. The van der Waals surface area contributed by atoms with Gasteiger partial charge in [0.15, 0.2) is 0 Å². The predicted molar refractivity (Wildman–Crippen MR) is 75.1 cm³/mol. The Labute approximate surface area is 106 Å². The van der Waals surface area contributed by atoms with Gasteiger partial charge in [-0.1, -0.05) is 48.0 Å². The van der Waals surface area contributed by atoms with Crippen LogP contribution < -0.4 is 0 Å². The standard InChI is InChI=1S/C14H28OS/c1-8-9-13(3,4)12(15)11(2)10-14(5,6)16-7/h11H,8-10H2,1-7H3. The molecule has 0 radical (unpaired) electrons. The molecular weight excluding hydrogens is 216 g/mol. The highest BCUT2D eigenvalue weighted by Crippen LogP contribution is 2.34. The molecule has 0 rings (SSSR count). The van der Waals surface area contributed by atoms with Gasteiger partial charge in [0.1, 0.15) is 5.78 Å². The van der Waals surface area contributed by atoms with E-state index in [1.165, 1.54) is 0 Å². The third kappa shape index (κ3) is 4.90. The van der Waals surface area contributed by atoms with Crippen molar-refractivity contribution in [3.63, 3.8) is 0 Å². The fraction of sp³-hybridized carbons (Fsp3) is 0.929. The topological polar surface area (TPSA) is 17.1 Å². The van der Waals surface area contributed by atoms with Gasteiger partial charge in [0, 0.05) is 16.1 Å². The first-order valence-electron chi connectivity index (χ1n) is 6.25. The van der Waals surface area contributed by atoms with Crippen molar-refractivity contribution >= 4 is 17.5 Å². The van der Waals surface area contributed by atoms with Crippen LogP contribution in [0.5, 0.6) is 0 Å². The fourth-order valence-electron chi connectivity index (χ4n) is 2.33. The second-order valence-corrected chi connectivity index (χ2v) is 7.58. The second kappa shape index (κ2) is 6.09. The van der Waals surface area contributed by atoms with E-state index < -0.39 is 0 Å². The maximum atomic E-state index is 12.3. The molecule has 0 amide bonds. The van der Waals surface area contributed by atoms with Crippen molar-refractivity contribution < 1.29 is 4.79 Å². The zero-order chi connectivity index (χ0) is 13.0. The minimum absolute atomic E-state index is 0.150.